The first kappa shape index (κ1) is 33.0. The predicted molar refractivity (Wildman–Crippen MR) is 176 cm³/mol. The number of halogens is 2. The zero-order valence-corrected chi connectivity index (χ0v) is 26.6. The van der Waals surface area contributed by atoms with Crippen LogP contribution in [-0.4, -0.2) is 24.5 Å². The molecule has 0 bridgehead atoms. The van der Waals surface area contributed by atoms with Crippen LogP contribution in [0.1, 0.15) is 81.7 Å². The maximum atomic E-state index is 13.2. The lowest BCUT2D eigenvalue weighted by molar-refractivity contribution is 0.0130. The molecule has 226 valence electrons. The van der Waals surface area contributed by atoms with Gasteiger partial charge in [0.15, 0.2) is 0 Å². The first-order valence-electron chi connectivity index (χ1n) is 15.2. The number of fused-ring (bicyclic) bond motifs is 1. The lowest BCUT2D eigenvalue weighted by Gasteiger charge is -2.24. The first-order chi connectivity index (χ1) is 19.9. The Hall–Kier alpha value is -3.47. The second kappa shape index (κ2) is 13.7. The molecule has 0 amide bonds. The van der Waals surface area contributed by atoms with Gasteiger partial charge >= 0.3 is 0 Å². The van der Waals surface area contributed by atoms with E-state index >= 15 is 0 Å². The zero-order valence-electron chi connectivity index (χ0n) is 26.6. The Bertz CT molecular complexity index is 1390. The molecule has 2 N–H and O–H groups in total. The highest BCUT2D eigenvalue weighted by atomic mass is 19.3. The Kier molecular flexibility index (Phi) is 10.8. The van der Waals surface area contributed by atoms with Crippen LogP contribution in [0.4, 0.5) is 14.6 Å². The van der Waals surface area contributed by atoms with Gasteiger partial charge in [-0.3, -0.25) is 0 Å². The van der Waals surface area contributed by atoms with Crippen molar-refractivity contribution in [2.45, 2.75) is 85.0 Å². The molecule has 42 heavy (non-hydrogen) atoms. The minimum Gasteiger partial charge on any atom is -0.385 e. The van der Waals surface area contributed by atoms with Crippen molar-refractivity contribution in [3.05, 3.63) is 102 Å². The van der Waals surface area contributed by atoms with Gasteiger partial charge in [-0.15, -0.1) is 6.58 Å². The standard InChI is InChI=1S/C21H29N3.C14H14F2.C2H6/c1-7-21(4,5)14-23-16(3)17-9-8-10-18(13-17)20-15(2)11-12-19(22-6)24-20;1-2-13(5-6-13)12-4-3-10-8-14(15,16)9-11(10)7-12;1-2/h8-13,23H,3,7,14H2,1-2,4-6H3,(H,22,24);2-4,7H,1,5-6,8-9H2;1-2H3. The molecule has 1 aromatic heterocycles. The molecule has 3 aromatic rings. The summed E-state index contributed by atoms with van der Waals surface area (Å²) in [6.45, 7) is 21.8. The number of hydrogen-bond donors (Lipinski definition) is 2. The quantitative estimate of drug-likeness (QED) is 0.250. The van der Waals surface area contributed by atoms with E-state index in [1.54, 1.807) is 0 Å². The number of pyridine rings is 1. The third-order valence-corrected chi connectivity index (χ3v) is 8.43. The largest absolute Gasteiger partial charge is 0.385 e. The summed E-state index contributed by atoms with van der Waals surface area (Å²) in [7, 11) is 1.89. The van der Waals surface area contributed by atoms with E-state index in [-0.39, 0.29) is 23.7 Å². The van der Waals surface area contributed by atoms with E-state index in [1.165, 1.54) is 5.56 Å². The van der Waals surface area contributed by atoms with Crippen molar-refractivity contribution < 1.29 is 8.78 Å². The van der Waals surface area contributed by atoms with E-state index in [0.717, 1.165) is 70.8 Å². The number of hydrogen-bond acceptors (Lipinski definition) is 3. The summed E-state index contributed by atoms with van der Waals surface area (Å²) in [5.41, 5.74) is 8.51. The molecule has 2 aliphatic carbocycles. The number of nitrogens with one attached hydrogen (secondary N) is 2. The monoisotopic (exact) mass is 573 g/mol. The predicted octanol–water partition coefficient (Wildman–Crippen LogP) is 9.76. The van der Waals surface area contributed by atoms with E-state index in [2.05, 4.69) is 81.8 Å². The molecule has 1 heterocycles. The maximum absolute atomic E-state index is 13.2. The normalized spacial score (nSPS) is 15.6. The van der Waals surface area contributed by atoms with Gasteiger partial charge in [0.2, 0.25) is 0 Å². The van der Waals surface area contributed by atoms with Crippen molar-refractivity contribution >= 4 is 11.5 Å². The Morgan fingerprint density at radius 2 is 1.71 bits per heavy atom. The molecule has 0 spiro atoms. The molecular formula is C37H49F2N3. The van der Waals surface area contributed by atoms with Crippen molar-refractivity contribution in [2.75, 3.05) is 18.9 Å². The van der Waals surface area contributed by atoms with Gasteiger partial charge in [-0.2, -0.15) is 0 Å². The second-order valence-corrected chi connectivity index (χ2v) is 12.1. The van der Waals surface area contributed by atoms with Gasteiger partial charge in [-0.05, 0) is 71.6 Å². The van der Waals surface area contributed by atoms with Crippen LogP contribution in [0.3, 0.4) is 0 Å². The van der Waals surface area contributed by atoms with Crippen LogP contribution < -0.4 is 10.6 Å². The minimum absolute atomic E-state index is 0.0902. The van der Waals surface area contributed by atoms with Gasteiger partial charge in [0.25, 0.3) is 5.92 Å². The number of aryl methyl sites for hydroxylation is 1. The first-order valence-corrected chi connectivity index (χ1v) is 15.2. The SMILES string of the molecule is C=C(NCC(C)(C)CC)c1cccc(-c2nc(NC)ccc2C)c1.C=CC1(c2ccc3c(c2)CC(F)(F)C3)CC1.CC. The highest BCUT2D eigenvalue weighted by Crippen LogP contribution is 2.50. The molecule has 2 aliphatic rings. The number of aromatic nitrogens is 1. The Morgan fingerprint density at radius 3 is 2.33 bits per heavy atom. The fourth-order valence-electron chi connectivity index (χ4n) is 5.03. The lowest BCUT2D eigenvalue weighted by atomic mass is 9.90. The average molecular weight is 574 g/mol. The van der Waals surface area contributed by atoms with Crippen molar-refractivity contribution in [1.29, 1.82) is 0 Å². The third-order valence-electron chi connectivity index (χ3n) is 8.43. The topological polar surface area (TPSA) is 37.0 Å². The van der Waals surface area contributed by atoms with Crippen molar-refractivity contribution in [2.24, 2.45) is 5.41 Å². The number of allylic oxidation sites excluding steroid dienone is 1. The van der Waals surface area contributed by atoms with E-state index in [1.807, 2.05) is 51.2 Å². The highest BCUT2D eigenvalue weighted by molar-refractivity contribution is 5.71. The van der Waals surface area contributed by atoms with Crippen molar-refractivity contribution in [3.8, 4) is 11.3 Å². The van der Waals surface area contributed by atoms with Gasteiger partial charge < -0.3 is 10.6 Å². The number of rotatable bonds is 9. The van der Waals surface area contributed by atoms with E-state index in [0.29, 0.717) is 0 Å². The molecule has 0 radical (unpaired) electrons. The fraction of sp³-hybridized carbons (Fsp3) is 0.432. The van der Waals surface area contributed by atoms with Crippen molar-refractivity contribution in [1.82, 2.24) is 10.3 Å². The number of alkyl halides is 2. The van der Waals surface area contributed by atoms with E-state index in [4.69, 9.17) is 4.98 Å². The molecule has 1 saturated carbocycles. The zero-order chi connectivity index (χ0) is 31.1. The van der Waals surface area contributed by atoms with Crippen LogP contribution in [0.25, 0.3) is 17.0 Å². The summed E-state index contributed by atoms with van der Waals surface area (Å²) in [6, 6.07) is 18.3. The average Bonchev–Trinajstić information content (AvgIpc) is 3.73. The lowest BCUT2D eigenvalue weighted by Crippen LogP contribution is -2.27. The third kappa shape index (κ3) is 8.08. The molecule has 0 saturated heterocycles. The van der Waals surface area contributed by atoms with Crippen molar-refractivity contribution in [3.63, 3.8) is 0 Å². The summed E-state index contributed by atoms with van der Waals surface area (Å²) in [4.78, 5) is 4.70. The number of anilines is 1. The summed E-state index contributed by atoms with van der Waals surface area (Å²) in [5, 5.41) is 6.58. The second-order valence-electron chi connectivity index (χ2n) is 12.1. The highest BCUT2D eigenvalue weighted by Gasteiger charge is 2.43. The van der Waals surface area contributed by atoms with Crippen LogP contribution >= 0.6 is 0 Å². The van der Waals surface area contributed by atoms with Gasteiger partial charge in [0.1, 0.15) is 5.82 Å². The maximum Gasteiger partial charge on any atom is 0.256 e. The summed E-state index contributed by atoms with van der Waals surface area (Å²) in [5.74, 6) is -1.66. The van der Waals surface area contributed by atoms with E-state index in [9.17, 15) is 8.78 Å². The Morgan fingerprint density at radius 1 is 1.02 bits per heavy atom. The molecule has 0 aliphatic heterocycles. The summed E-state index contributed by atoms with van der Waals surface area (Å²) >= 11 is 0. The van der Waals surface area contributed by atoms with Gasteiger partial charge in [0.05, 0.1) is 5.69 Å². The van der Waals surface area contributed by atoms with Gasteiger partial charge in [-0.1, -0.05) is 89.7 Å². The minimum atomic E-state index is -2.54. The molecule has 5 heteroatoms. The number of nitrogens with zero attached hydrogens (tertiary/aromatic N) is 1. The molecule has 3 nitrogen and oxygen atoms in total. The van der Waals surface area contributed by atoms with Crippen LogP contribution in [0.2, 0.25) is 0 Å². The van der Waals surface area contributed by atoms with Crippen LogP contribution in [0.5, 0.6) is 0 Å². The molecule has 5 rings (SSSR count). The molecule has 2 aromatic carbocycles. The van der Waals surface area contributed by atoms with E-state index < -0.39 is 5.92 Å². The van der Waals surface area contributed by atoms with Crippen LogP contribution in [-0.2, 0) is 18.3 Å². The molecule has 0 unspecified atom stereocenters. The smallest absolute Gasteiger partial charge is 0.256 e. The summed E-state index contributed by atoms with van der Waals surface area (Å²) < 4.78 is 26.5. The van der Waals surface area contributed by atoms with Crippen LogP contribution in [0.15, 0.2) is 73.8 Å². The molecule has 1 fully saturated rings. The molecular weight excluding hydrogens is 524 g/mol. The molecule has 0 atom stereocenters. The Balaban J connectivity index is 0.000000232. The fourth-order valence-corrected chi connectivity index (χ4v) is 5.03. The van der Waals surface area contributed by atoms with Gasteiger partial charge in [-0.25, -0.2) is 13.8 Å². The van der Waals surface area contributed by atoms with Crippen LogP contribution in [0, 0.1) is 12.3 Å². The van der Waals surface area contributed by atoms with Gasteiger partial charge in [0, 0.05) is 43.1 Å². The summed E-state index contributed by atoms with van der Waals surface area (Å²) in [6.07, 6.45) is 5.11. The Labute approximate surface area is 252 Å². The number of benzene rings is 2.